The Morgan fingerprint density at radius 2 is 1.89 bits per heavy atom. The summed E-state index contributed by atoms with van der Waals surface area (Å²) in [6.45, 7) is 0. The molecule has 0 aromatic heterocycles. The molecule has 0 saturated heterocycles. The van der Waals surface area contributed by atoms with E-state index in [0.717, 1.165) is 12.1 Å². The first kappa shape index (κ1) is 11.1. The summed E-state index contributed by atoms with van der Waals surface area (Å²) in [6.07, 6.45) is 1.08. The highest BCUT2D eigenvalue weighted by molar-refractivity contribution is 5.56. The average molecular weight is 242 g/mol. The lowest BCUT2D eigenvalue weighted by molar-refractivity contribution is 0.629. The summed E-state index contributed by atoms with van der Waals surface area (Å²) in [5, 5.41) is 3.33. The van der Waals surface area contributed by atoms with Crippen molar-refractivity contribution in [3.05, 3.63) is 59.9 Å². The van der Waals surface area contributed by atoms with Crippen LogP contribution in [-0.2, 0) is 0 Å². The molecule has 2 aromatic rings. The molecule has 2 unspecified atom stereocenters. The summed E-state index contributed by atoms with van der Waals surface area (Å²) >= 11 is 0. The molecule has 2 nitrogen and oxygen atoms in total. The molecule has 18 heavy (non-hydrogen) atoms. The second-order valence-corrected chi connectivity index (χ2v) is 4.78. The van der Waals surface area contributed by atoms with Crippen LogP contribution in [0, 0.1) is 5.82 Å². The third-order valence-corrected chi connectivity index (χ3v) is 3.29. The van der Waals surface area contributed by atoms with Crippen LogP contribution in [0.4, 0.5) is 15.8 Å². The summed E-state index contributed by atoms with van der Waals surface area (Å²) < 4.78 is 13.2. The van der Waals surface area contributed by atoms with Gasteiger partial charge in [-0.25, -0.2) is 4.39 Å². The molecule has 1 aliphatic carbocycles. The minimum absolute atomic E-state index is 0.297. The molecule has 0 radical (unpaired) electrons. The van der Waals surface area contributed by atoms with Gasteiger partial charge in [0, 0.05) is 23.3 Å². The number of halogens is 1. The van der Waals surface area contributed by atoms with E-state index in [2.05, 4.69) is 17.4 Å². The van der Waals surface area contributed by atoms with Crippen LogP contribution in [0.5, 0.6) is 0 Å². The first-order chi connectivity index (χ1) is 8.72. The Kier molecular flexibility index (Phi) is 2.67. The first-order valence-electron chi connectivity index (χ1n) is 6.10. The zero-order valence-corrected chi connectivity index (χ0v) is 9.94. The lowest BCUT2D eigenvalue weighted by Crippen LogP contribution is -2.05. The molecule has 0 heterocycles. The SMILES string of the molecule is Nc1cc(F)cc(NC2CC2c2ccccc2)c1. The quantitative estimate of drug-likeness (QED) is 0.810. The van der Waals surface area contributed by atoms with E-state index in [0.29, 0.717) is 17.6 Å². The largest absolute Gasteiger partial charge is 0.399 e. The third-order valence-electron chi connectivity index (χ3n) is 3.29. The van der Waals surface area contributed by atoms with E-state index in [1.54, 1.807) is 6.07 Å². The molecule has 0 bridgehead atoms. The number of rotatable bonds is 3. The van der Waals surface area contributed by atoms with E-state index in [9.17, 15) is 4.39 Å². The average Bonchev–Trinajstić information content (AvgIpc) is 3.08. The Balaban J connectivity index is 1.69. The maximum absolute atomic E-state index is 13.2. The molecule has 1 fully saturated rings. The highest BCUT2D eigenvalue weighted by Crippen LogP contribution is 2.42. The fourth-order valence-electron chi connectivity index (χ4n) is 2.33. The number of hydrogen-bond acceptors (Lipinski definition) is 2. The summed E-state index contributed by atoms with van der Waals surface area (Å²) in [6, 6.07) is 15.3. The molecule has 0 aliphatic heterocycles. The molecule has 0 spiro atoms. The Morgan fingerprint density at radius 3 is 2.61 bits per heavy atom. The topological polar surface area (TPSA) is 38.0 Å². The van der Waals surface area contributed by atoms with Gasteiger partial charge >= 0.3 is 0 Å². The first-order valence-corrected chi connectivity index (χ1v) is 6.10. The van der Waals surface area contributed by atoms with Gasteiger partial charge in [0.25, 0.3) is 0 Å². The van der Waals surface area contributed by atoms with Crippen LogP contribution in [0.15, 0.2) is 48.5 Å². The van der Waals surface area contributed by atoms with E-state index in [1.165, 1.54) is 17.7 Å². The Bertz CT molecular complexity index is 533. The smallest absolute Gasteiger partial charge is 0.127 e. The zero-order chi connectivity index (χ0) is 12.5. The Labute approximate surface area is 106 Å². The Morgan fingerprint density at radius 1 is 1.11 bits per heavy atom. The van der Waals surface area contributed by atoms with Crippen molar-refractivity contribution in [3.63, 3.8) is 0 Å². The molecule has 2 atom stereocenters. The predicted octanol–water partition coefficient (Wildman–Crippen LogP) is 3.38. The van der Waals surface area contributed by atoms with Crippen molar-refractivity contribution in [2.45, 2.75) is 18.4 Å². The number of nitrogen functional groups attached to an aromatic ring is 1. The molecule has 1 saturated carbocycles. The van der Waals surface area contributed by atoms with Crippen molar-refractivity contribution in [2.24, 2.45) is 0 Å². The monoisotopic (exact) mass is 242 g/mol. The van der Waals surface area contributed by atoms with Crippen LogP contribution < -0.4 is 11.1 Å². The van der Waals surface area contributed by atoms with Crippen molar-refractivity contribution >= 4 is 11.4 Å². The maximum atomic E-state index is 13.2. The van der Waals surface area contributed by atoms with Gasteiger partial charge in [-0.1, -0.05) is 30.3 Å². The molecule has 3 heteroatoms. The molecule has 3 rings (SSSR count). The van der Waals surface area contributed by atoms with E-state index in [-0.39, 0.29) is 5.82 Å². The van der Waals surface area contributed by atoms with Gasteiger partial charge in [0.1, 0.15) is 5.82 Å². The van der Waals surface area contributed by atoms with Crippen LogP contribution in [0.1, 0.15) is 17.9 Å². The van der Waals surface area contributed by atoms with Gasteiger partial charge in [0.05, 0.1) is 0 Å². The number of anilines is 2. The van der Waals surface area contributed by atoms with Crippen molar-refractivity contribution in [3.8, 4) is 0 Å². The molecule has 2 aromatic carbocycles. The highest BCUT2D eigenvalue weighted by Gasteiger charge is 2.38. The van der Waals surface area contributed by atoms with Gasteiger partial charge in [-0.3, -0.25) is 0 Å². The van der Waals surface area contributed by atoms with Gasteiger partial charge in [-0.05, 0) is 30.2 Å². The Hall–Kier alpha value is -2.03. The van der Waals surface area contributed by atoms with E-state index < -0.39 is 0 Å². The molecule has 1 aliphatic rings. The summed E-state index contributed by atoms with van der Waals surface area (Å²) in [5.74, 6) is 0.227. The van der Waals surface area contributed by atoms with Crippen LogP contribution in [0.3, 0.4) is 0 Å². The highest BCUT2D eigenvalue weighted by atomic mass is 19.1. The van der Waals surface area contributed by atoms with Crippen LogP contribution in [-0.4, -0.2) is 6.04 Å². The molecular formula is C15H15FN2. The van der Waals surface area contributed by atoms with Gasteiger partial charge in [0.15, 0.2) is 0 Å². The standard InChI is InChI=1S/C15H15FN2/c16-11-6-12(17)8-13(7-11)18-15-9-14(15)10-4-2-1-3-5-10/h1-8,14-15,18H,9,17H2. The number of nitrogens with one attached hydrogen (secondary N) is 1. The lowest BCUT2D eigenvalue weighted by atomic mass is 10.1. The lowest BCUT2D eigenvalue weighted by Gasteiger charge is -2.07. The fourth-order valence-corrected chi connectivity index (χ4v) is 2.33. The minimum atomic E-state index is -0.297. The number of hydrogen-bond donors (Lipinski definition) is 2. The fraction of sp³-hybridized carbons (Fsp3) is 0.200. The van der Waals surface area contributed by atoms with Crippen molar-refractivity contribution < 1.29 is 4.39 Å². The summed E-state index contributed by atoms with van der Waals surface area (Å²) in [4.78, 5) is 0. The van der Waals surface area contributed by atoms with Crippen molar-refractivity contribution in [2.75, 3.05) is 11.1 Å². The second-order valence-electron chi connectivity index (χ2n) is 4.78. The number of nitrogens with two attached hydrogens (primary N) is 1. The number of benzene rings is 2. The molecule has 92 valence electrons. The van der Waals surface area contributed by atoms with Gasteiger partial charge in [-0.2, -0.15) is 0 Å². The van der Waals surface area contributed by atoms with Crippen molar-refractivity contribution in [1.29, 1.82) is 0 Å². The normalized spacial score (nSPS) is 21.6. The van der Waals surface area contributed by atoms with E-state index in [4.69, 9.17) is 5.73 Å². The van der Waals surface area contributed by atoms with Crippen LogP contribution in [0.2, 0.25) is 0 Å². The minimum Gasteiger partial charge on any atom is -0.399 e. The summed E-state index contributed by atoms with van der Waals surface area (Å²) in [7, 11) is 0. The zero-order valence-electron chi connectivity index (χ0n) is 9.94. The molecular weight excluding hydrogens is 227 g/mol. The van der Waals surface area contributed by atoms with Gasteiger partial charge < -0.3 is 11.1 Å². The summed E-state index contributed by atoms with van der Waals surface area (Å²) in [5.41, 5.74) is 8.17. The van der Waals surface area contributed by atoms with E-state index in [1.807, 2.05) is 18.2 Å². The van der Waals surface area contributed by atoms with Gasteiger partial charge in [0.2, 0.25) is 0 Å². The van der Waals surface area contributed by atoms with Crippen LogP contribution >= 0.6 is 0 Å². The van der Waals surface area contributed by atoms with Crippen molar-refractivity contribution in [1.82, 2.24) is 0 Å². The predicted molar refractivity (Wildman–Crippen MR) is 72.0 cm³/mol. The third kappa shape index (κ3) is 2.30. The molecule has 3 N–H and O–H groups in total. The molecule has 0 amide bonds. The van der Waals surface area contributed by atoms with E-state index >= 15 is 0 Å². The second kappa shape index (κ2) is 4.33. The maximum Gasteiger partial charge on any atom is 0.127 e. The van der Waals surface area contributed by atoms with Crippen LogP contribution in [0.25, 0.3) is 0 Å². The van der Waals surface area contributed by atoms with Gasteiger partial charge in [-0.15, -0.1) is 0 Å².